The van der Waals surface area contributed by atoms with Gasteiger partial charge in [0.15, 0.2) is 0 Å². The van der Waals surface area contributed by atoms with Gasteiger partial charge in [0.25, 0.3) is 0 Å². The molecule has 0 saturated carbocycles. The number of halogens is 1. The Hall–Kier alpha value is -1.95. The molecule has 1 aliphatic heterocycles. The molecule has 1 fully saturated rings. The molecule has 2 amide bonds. The van der Waals surface area contributed by atoms with E-state index in [1.807, 2.05) is 14.1 Å². The molecule has 5 nitrogen and oxygen atoms in total. The lowest BCUT2D eigenvalue weighted by Crippen LogP contribution is -2.46. The molecule has 0 aliphatic carbocycles. The molecule has 0 spiro atoms. The van der Waals surface area contributed by atoms with Crippen LogP contribution in [-0.2, 0) is 9.59 Å². The highest BCUT2D eigenvalue weighted by atomic mass is 19.1. The van der Waals surface area contributed by atoms with Crippen LogP contribution in [0.1, 0.15) is 30.9 Å². The Balaban J connectivity index is 2.12. The van der Waals surface area contributed by atoms with E-state index < -0.39 is 12.0 Å². The van der Waals surface area contributed by atoms with Crippen molar-refractivity contribution in [2.75, 3.05) is 34.2 Å². The molecule has 1 aromatic rings. The second kappa shape index (κ2) is 8.24. The molecule has 2 rings (SSSR count). The first-order valence-corrected chi connectivity index (χ1v) is 8.34. The zero-order chi connectivity index (χ0) is 17.7. The number of likely N-dealkylation sites (tertiary alicyclic amines) is 1. The highest BCUT2D eigenvalue weighted by molar-refractivity contribution is 5.84. The van der Waals surface area contributed by atoms with Crippen LogP contribution in [0.15, 0.2) is 24.3 Å². The van der Waals surface area contributed by atoms with Crippen molar-refractivity contribution in [3.63, 3.8) is 0 Å². The number of hydrogen-bond acceptors (Lipinski definition) is 3. The van der Waals surface area contributed by atoms with Crippen molar-refractivity contribution in [3.05, 3.63) is 35.6 Å². The van der Waals surface area contributed by atoms with Crippen LogP contribution in [0.3, 0.4) is 0 Å². The summed E-state index contributed by atoms with van der Waals surface area (Å²) in [4.78, 5) is 28.2. The molecular weight excluding hydrogens is 309 g/mol. The molecule has 24 heavy (non-hydrogen) atoms. The van der Waals surface area contributed by atoms with Crippen LogP contribution in [0.2, 0.25) is 0 Å². The maximum atomic E-state index is 14.2. The van der Waals surface area contributed by atoms with E-state index in [1.165, 1.54) is 11.0 Å². The van der Waals surface area contributed by atoms with Gasteiger partial charge in [-0.3, -0.25) is 9.59 Å². The van der Waals surface area contributed by atoms with Crippen molar-refractivity contribution >= 4 is 11.8 Å². The van der Waals surface area contributed by atoms with Gasteiger partial charge in [0.2, 0.25) is 11.8 Å². The topological polar surface area (TPSA) is 52.7 Å². The van der Waals surface area contributed by atoms with Gasteiger partial charge in [-0.05, 0) is 39.5 Å². The SMILES string of the molecule is CN(C)CCCNC(=O)[C@H]1CCC(=O)N(C)[C@@H]1c1ccccc1F. The van der Waals surface area contributed by atoms with Crippen LogP contribution in [0, 0.1) is 11.7 Å². The van der Waals surface area contributed by atoms with Crippen molar-refractivity contribution in [2.45, 2.75) is 25.3 Å². The Bertz CT molecular complexity index is 591. The lowest BCUT2D eigenvalue weighted by atomic mass is 9.83. The maximum absolute atomic E-state index is 14.2. The number of carbonyl (C=O) groups is 2. The number of hydrogen-bond donors (Lipinski definition) is 1. The van der Waals surface area contributed by atoms with Crippen molar-refractivity contribution in [2.24, 2.45) is 5.92 Å². The van der Waals surface area contributed by atoms with Gasteiger partial charge in [-0.1, -0.05) is 18.2 Å². The Morgan fingerprint density at radius 1 is 1.38 bits per heavy atom. The van der Waals surface area contributed by atoms with Crippen LogP contribution < -0.4 is 5.32 Å². The first-order valence-electron chi connectivity index (χ1n) is 8.34. The predicted octanol–water partition coefficient (Wildman–Crippen LogP) is 1.80. The van der Waals surface area contributed by atoms with E-state index in [2.05, 4.69) is 10.2 Å². The van der Waals surface area contributed by atoms with E-state index in [4.69, 9.17) is 0 Å². The number of benzene rings is 1. The van der Waals surface area contributed by atoms with Gasteiger partial charge >= 0.3 is 0 Å². The lowest BCUT2D eigenvalue weighted by Gasteiger charge is -2.38. The maximum Gasteiger partial charge on any atom is 0.225 e. The van der Waals surface area contributed by atoms with Crippen LogP contribution in [0.25, 0.3) is 0 Å². The molecule has 6 heteroatoms. The second-order valence-corrected chi connectivity index (χ2v) is 6.56. The van der Waals surface area contributed by atoms with Gasteiger partial charge < -0.3 is 15.1 Å². The van der Waals surface area contributed by atoms with Gasteiger partial charge in [-0.2, -0.15) is 0 Å². The quantitative estimate of drug-likeness (QED) is 0.807. The summed E-state index contributed by atoms with van der Waals surface area (Å²) < 4.78 is 14.2. The number of rotatable bonds is 6. The van der Waals surface area contributed by atoms with Crippen molar-refractivity contribution in [3.8, 4) is 0 Å². The first kappa shape index (κ1) is 18.4. The Kier molecular flexibility index (Phi) is 6.31. The highest BCUT2D eigenvalue weighted by Gasteiger charge is 2.39. The first-order chi connectivity index (χ1) is 11.4. The molecule has 0 bridgehead atoms. The Morgan fingerprint density at radius 3 is 2.75 bits per heavy atom. The third-order valence-electron chi connectivity index (χ3n) is 4.50. The van der Waals surface area contributed by atoms with Crippen molar-refractivity contribution in [1.82, 2.24) is 15.1 Å². The van der Waals surface area contributed by atoms with Gasteiger partial charge in [0.1, 0.15) is 5.82 Å². The standard InChI is InChI=1S/C18H26FN3O2/c1-21(2)12-6-11-20-18(24)14-9-10-16(23)22(3)17(14)13-7-4-5-8-15(13)19/h4-5,7-8,14,17H,6,9-12H2,1-3H3,(H,20,24)/t14-,17+/m0/s1. The summed E-state index contributed by atoms with van der Waals surface area (Å²) in [6, 6.07) is 5.81. The summed E-state index contributed by atoms with van der Waals surface area (Å²) in [5.74, 6) is -0.973. The lowest BCUT2D eigenvalue weighted by molar-refractivity contribution is -0.141. The average Bonchev–Trinajstić information content (AvgIpc) is 2.54. The van der Waals surface area contributed by atoms with Crippen LogP contribution in [0.4, 0.5) is 4.39 Å². The Morgan fingerprint density at radius 2 is 2.08 bits per heavy atom. The fourth-order valence-electron chi connectivity index (χ4n) is 3.19. The smallest absolute Gasteiger partial charge is 0.225 e. The number of piperidine rings is 1. The summed E-state index contributed by atoms with van der Waals surface area (Å²) >= 11 is 0. The molecule has 1 aromatic carbocycles. The molecule has 2 atom stereocenters. The van der Waals surface area contributed by atoms with E-state index in [0.717, 1.165) is 13.0 Å². The van der Waals surface area contributed by atoms with Gasteiger partial charge in [-0.25, -0.2) is 4.39 Å². The van der Waals surface area contributed by atoms with Gasteiger partial charge in [0, 0.05) is 25.6 Å². The van der Waals surface area contributed by atoms with Crippen molar-refractivity contribution < 1.29 is 14.0 Å². The molecule has 1 N–H and O–H groups in total. The fourth-order valence-corrected chi connectivity index (χ4v) is 3.19. The number of nitrogens with one attached hydrogen (secondary N) is 1. The Labute approximate surface area is 142 Å². The third-order valence-corrected chi connectivity index (χ3v) is 4.50. The van der Waals surface area contributed by atoms with Crippen LogP contribution in [-0.4, -0.2) is 55.8 Å². The number of nitrogens with zero attached hydrogens (tertiary/aromatic N) is 2. The number of amides is 2. The summed E-state index contributed by atoms with van der Waals surface area (Å²) in [6.07, 6.45) is 1.61. The van der Waals surface area contributed by atoms with Gasteiger partial charge in [0.05, 0.1) is 12.0 Å². The van der Waals surface area contributed by atoms with Crippen molar-refractivity contribution in [1.29, 1.82) is 0 Å². The zero-order valence-corrected chi connectivity index (χ0v) is 14.6. The van der Waals surface area contributed by atoms with E-state index in [9.17, 15) is 14.0 Å². The average molecular weight is 335 g/mol. The summed E-state index contributed by atoms with van der Waals surface area (Å²) in [5, 5.41) is 2.94. The van der Waals surface area contributed by atoms with Crippen LogP contribution >= 0.6 is 0 Å². The minimum absolute atomic E-state index is 0.0556. The molecule has 0 unspecified atom stereocenters. The molecule has 1 heterocycles. The largest absolute Gasteiger partial charge is 0.356 e. The fraction of sp³-hybridized carbons (Fsp3) is 0.556. The molecule has 132 valence electrons. The van der Waals surface area contributed by atoms with E-state index >= 15 is 0 Å². The highest BCUT2D eigenvalue weighted by Crippen LogP contribution is 2.36. The second-order valence-electron chi connectivity index (χ2n) is 6.56. The van der Waals surface area contributed by atoms with Crippen LogP contribution in [0.5, 0.6) is 0 Å². The molecule has 1 saturated heterocycles. The summed E-state index contributed by atoms with van der Waals surface area (Å²) in [5.41, 5.74) is 0.404. The van der Waals surface area contributed by atoms with E-state index in [0.29, 0.717) is 24.9 Å². The minimum atomic E-state index is -0.554. The summed E-state index contributed by atoms with van der Waals surface area (Å²) in [6.45, 7) is 1.47. The molecular formula is C18H26FN3O2. The monoisotopic (exact) mass is 335 g/mol. The van der Waals surface area contributed by atoms with E-state index in [-0.39, 0.29) is 17.6 Å². The predicted molar refractivity (Wildman–Crippen MR) is 90.8 cm³/mol. The molecule has 0 radical (unpaired) electrons. The molecule has 1 aliphatic rings. The third kappa shape index (κ3) is 4.32. The molecule has 0 aromatic heterocycles. The van der Waals surface area contributed by atoms with Gasteiger partial charge in [-0.15, -0.1) is 0 Å². The van der Waals surface area contributed by atoms with E-state index in [1.54, 1.807) is 25.2 Å². The normalized spacial score (nSPS) is 21.2. The minimum Gasteiger partial charge on any atom is -0.356 e. The summed E-state index contributed by atoms with van der Waals surface area (Å²) in [7, 11) is 5.61. The number of carbonyl (C=O) groups excluding carboxylic acids is 2. The zero-order valence-electron chi connectivity index (χ0n) is 14.6.